The monoisotopic (exact) mass is 489 g/mol. The normalized spacial score (nSPS) is 12.3. The van der Waals surface area contributed by atoms with Gasteiger partial charge in [-0.2, -0.15) is 0 Å². The summed E-state index contributed by atoms with van der Waals surface area (Å²) in [5.41, 5.74) is 1.91. The molecule has 0 atom stereocenters. The van der Waals surface area contributed by atoms with Crippen LogP contribution >= 0.6 is 0 Å². The van der Waals surface area contributed by atoms with Gasteiger partial charge in [-0.3, -0.25) is 4.79 Å². The summed E-state index contributed by atoms with van der Waals surface area (Å²) in [6, 6.07) is 5.28. The summed E-state index contributed by atoms with van der Waals surface area (Å²) < 4.78 is 5.06. The van der Waals surface area contributed by atoms with Crippen molar-refractivity contribution in [1.29, 1.82) is 0 Å². The zero-order valence-corrected chi connectivity index (χ0v) is 22.2. The molecule has 1 aromatic rings. The lowest BCUT2D eigenvalue weighted by Crippen LogP contribution is -2.12. The van der Waals surface area contributed by atoms with Gasteiger partial charge >= 0.3 is 5.97 Å². The Labute approximate surface area is 218 Å². The molecular formula is C32H43NO3. The molecule has 4 heteroatoms. The predicted octanol–water partition coefficient (Wildman–Crippen LogP) is 8.59. The average molecular weight is 490 g/mol. The van der Waals surface area contributed by atoms with Crippen LogP contribution in [0.15, 0.2) is 91.1 Å². The molecular weight excluding hydrogens is 446 g/mol. The highest BCUT2D eigenvalue weighted by atomic mass is 16.5. The lowest BCUT2D eigenvalue weighted by atomic mass is 10.1. The zero-order valence-electron chi connectivity index (χ0n) is 22.2. The Morgan fingerprint density at radius 1 is 0.750 bits per heavy atom. The van der Waals surface area contributed by atoms with Gasteiger partial charge in [0.05, 0.1) is 12.2 Å². The third kappa shape index (κ3) is 15.5. The second-order valence-electron chi connectivity index (χ2n) is 8.25. The largest absolute Gasteiger partial charge is 0.462 e. The average Bonchev–Trinajstić information content (AvgIpc) is 2.86. The highest BCUT2D eigenvalue weighted by molar-refractivity contribution is 5.95. The highest BCUT2D eigenvalue weighted by Gasteiger charge is 2.11. The second kappa shape index (κ2) is 20.9. The van der Waals surface area contributed by atoms with E-state index in [9.17, 15) is 9.59 Å². The second-order valence-corrected chi connectivity index (χ2v) is 8.25. The molecule has 4 nitrogen and oxygen atoms in total. The topological polar surface area (TPSA) is 55.4 Å². The molecule has 0 saturated heterocycles. The number of allylic oxidation sites excluding steroid dienone is 12. The molecule has 0 spiro atoms. The Morgan fingerprint density at radius 2 is 1.25 bits per heavy atom. The molecule has 0 saturated carbocycles. The number of benzene rings is 1. The molecule has 0 fully saturated rings. The van der Waals surface area contributed by atoms with E-state index in [-0.39, 0.29) is 11.9 Å². The van der Waals surface area contributed by atoms with Crippen LogP contribution < -0.4 is 5.32 Å². The van der Waals surface area contributed by atoms with Crippen LogP contribution in [0.5, 0.6) is 0 Å². The number of rotatable bonds is 17. The number of amides is 1. The van der Waals surface area contributed by atoms with Gasteiger partial charge in [-0.1, -0.05) is 85.9 Å². The smallest absolute Gasteiger partial charge is 0.338 e. The van der Waals surface area contributed by atoms with Crippen molar-refractivity contribution in [3.8, 4) is 0 Å². The lowest BCUT2D eigenvalue weighted by molar-refractivity contribution is -0.116. The summed E-state index contributed by atoms with van der Waals surface area (Å²) in [6.07, 6.45) is 32.9. The molecule has 36 heavy (non-hydrogen) atoms. The minimum Gasteiger partial charge on any atom is -0.462 e. The Bertz CT molecular complexity index is 948. The molecule has 194 valence electrons. The standard InChI is InChI=1S/C32H43NO3/c1-4-6-7-8-9-10-11-12-13-14-15-16-17-18-19-20-21-22-23-24-31(34)33-29-26-25-28(3)30(27-29)32(35)36-5-2/h6-7,9-10,12-13,15-16,18-19,21-22,25-27H,4-5,8,11,14,17,20,23-24H2,1-3H3,(H,33,34)/b7-6-,10-9-,13-12-,16-15-,19-18-,22-21-. The fourth-order valence-electron chi connectivity index (χ4n) is 3.21. The number of hydrogen-bond donors (Lipinski definition) is 1. The number of hydrogen-bond acceptors (Lipinski definition) is 3. The van der Waals surface area contributed by atoms with Crippen molar-refractivity contribution in [2.75, 3.05) is 11.9 Å². The quantitative estimate of drug-likeness (QED) is 0.176. The van der Waals surface area contributed by atoms with E-state index in [2.05, 4.69) is 79.1 Å². The van der Waals surface area contributed by atoms with Crippen LogP contribution in [0.25, 0.3) is 0 Å². The fraction of sp³-hybridized carbons (Fsp3) is 0.375. The Kier molecular flexibility index (Phi) is 17.8. The molecule has 0 bridgehead atoms. The maximum atomic E-state index is 12.2. The van der Waals surface area contributed by atoms with Crippen molar-refractivity contribution in [2.24, 2.45) is 0 Å². The van der Waals surface area contributed by atoms with Gasteiger partial charge in [0, 0.05) is 12.1 Å². The Morgan fingerprint density at radius 3 is 1.75 bits per heavy atom. The number of ether oxygens (including phenoxy) is 1. The third-order valence-corrected chi connectivity index (χ3v) is 5.15. The Balaban J connectivity index is 2.16. The van der Waals surface area contributed by atoms with E-state index in [1.54, 1.807) is 19.1 Å². The summed E-state index contributed by atoms with van der Waals surface area (Å²) in [5.74, 6) is -0.447. The summed E-state index contributed by atoms with van der Waals surface area (Å²) in [7, 11) is 0. The summed E-state index contributed by atoms with van der Waals surface area (Å²) >= 11 is 0. The number of carbonyl (C=O) groups is 2. The molecule has 0 aromatic heterocycles. The third-order valence-electron chi connectivity index (χ3n) is 5.15. The molecule has 1 rings (SSSR count). The van der Waals surface area contributed by atoms with Crippen molar-refractivity contribution < 1.29 is 14.3 Å². The van der Waals surface area contributed by atoms with Gasteiger partial charge in [-0.05, 0) is 76.5 Å². The highest BCUT2D eigenvalue weighted by Crippen LogP contribution is 2.17. The number of aryl methyl sites for hydroxylation is 1. The van der Waals surface area contributed by atoms with Crippen molar-refractivity contribution in [2.45, 2.75) is 72.1 Å². The van der Waals surface area contributed by atoms with Crippen molar-refractivity contribution in [1.82, 2.24) is 0 Å². The van der Waals surface area contributed by atoms with E-state index < -0.39 is 0 Å². The number of nitrogens with one attached hydrogen (secondary N) is 1. The molecule has 0 radical (unpaired) electrons. The van der Waals surface area contributed by atoms with E-state index >= 15 is 0 Å². The van der Waals surface area contributed by atoms with E-state index in [0.29, 0.717) is 30.7 Å². The lowest BCUT2D eigenvalue weighted by Gasteiger charge is -2.09. The molecule has 1 N–H and O–H groups in total. The molecule has 0 aliphatic rings. The van der Waals surface area contributed by atoms with Crippen molar-refractivity contribution >= 4 is 17.6 Å². The van der Waals surface area contributed by atoms with Crippen molar-refractivity contribution in [3.05, 3.63) is 102 Å². The molecule has 1 amide bonds. The minimum absolute atomic E-state index is 0.0757. The maximum absolute atomic E-state index is 12.2. The molecule has 1 aromatic carbocycles. The van der Waals surface area contributed by atoms with Gasteiger partial charge in [-0.15, -0.1) is 0 Å². The van der Waals surface area contributed by atoms with Gasteiger partial charge < -0.3 is 10.1 Å². The minimum atomic E-state index is -0.371. The zero-order chi connectivity index (χ0) is 26.3. The van der Waals surface area contributed by atoms with Crippen LogP contribution in [0.2, 0.25) is 0 Å². The first-order chi connectivity index (χ1) is 17.6. The molecule has 0 aliphatic carbocycles. The summed E-state index contributed by atoms with van der Waals surface area (Å²) in [4.78, 5) is 24.2. The van der Waals surface area contributed by atoms with Crippen LogP contribution in [0.4, 0.5) is 5.69 Å². The van der Waals surface area contributed by atoms with Crippen LogP contribution in [0.1, 0.15) is 81.1 Å². The number of anilines is 1. The van der Waals surface area contributed by atoms with E-state index in [4.69, 9.17) is 4.74 Å². The SMILES string of the molecule is CC/C=C\C/C=C\C/C=C\C/C=C\C/C=C\C/C=C\CCC(=O)Nc1ccc(C)c(C(=O)OCC)c1. The summed E-state index contributed by atoms with van der Waals surface area (Å²) in [5, 5.41) is 2.85. The van der Waals surface area contributed by atoms with E-state index in [0.717, 1.165) is 44.1 Å². The molecule has 0 unspecified atom stereocenters. The van der Waals surface area contributed by atoms with Gasteiger partial charge in [-0.25, -0.2) is 4.79 Å². The van der Waals surface area contributed by atoms with Crippen LogP contribution in [0, 0.1) is 6.92 Å². The summed E-state index contributed by atoms with van der Waals surface area (Å²) in [6.45, 7) is 6.09. The first kappa shape index (κ1) is 30.6. The van der Waals surface area contributed by atoms with Gasteiger partial charge in [0.25, 0.3) is 0 Å². The van der Waals surface area contributed by atoms with Crippen LogP contribution in [-0.4, -0.2) is 18.5 Å². The van der Waals surface area contributed by atoms with E-state index in [1.165, 1.54) is 0 Å². The first-order valence-electron chi connectivity index (χ1n) is 13.1. The Hall–Kier alpha value is -3.40. The van der Waals surface area contributed by atoms with Crippen molar-refractivity contribution in [3.63, 3.8) is 0 Å². The maximum Gasteiger partial charge on any atom is 0.338 e. The van der Waals surface area contributed by atoms with Crippen LogP contribution in [-0.2, 0) is 9.53 Å². The number of carbonyl (C=O) groups excluding carboxylic acids is 2. The number of esters is 1. The molecule has 0 aliphatic heterocycles. The predicted molar refractivity (Wildman–Crippen MR) is 153 cm³/mol. The van der Waals surface area contributed by atoms with Crippen LogP contribution in [0.3, 0.4) is 0 Å². The van der Waals surface area contributed by atoms with Gasteiger partial charge in [0.15, 0.2) is 0 Å². The fourth-order valence-corrected chi connectivity index (χ4v) is 3.21. The first-order valence-corrected chi connectivity index (χ1v) is 13.1. The molecule has 0 heterocycles. The van der Waals surface area contributed by atoms with E-state index in [1.807, 2.05) is 19.1 Å². The van der Waals surface area contributed by atoms with Gasteiger partial charge in [0.2, 0.25) is 5.91 Å². The van der Waals surface area contributed by atoms with Gasteiger partial charge in [0.1, 0.15) is 0 Å².